The number of ether oxygens (including phenoxy) is 1. The van der Waals surface area contributed by atoms with Crippen molar-refractivity contribution in [3.05, 3.63) is 65.2 Å². The summed E-state index contributed by atoms with van der Waals surface area (Å²) < 4.78 is 5.73. The molecule has 3 N–H and O–H groups in total. The van der Waals surface area contributed by atoms with E-state index in [9.17, 15) is 29.2 Å². The molecule has 2 aromatic rings. The molecule has 11 nitrogen and oxygen atoms in total. The molecule has 3 rings (SSSR count). The van der Waals surface area contributed by atoms with Crippen LogP contribution < -0.4 is 15.5 Å². The molecule has 1 unspecified atom stereocenters. The summed E-state index contributed by atoms with van der Waals surface area (Å²) in [6.45, 7) is 10.00. The third-order valence-electron chi connectivity index (χ3n) is 7.61. The number of Topliss-reactive ketones (excluding diaryl/α,β-unsaturated/α-hetero) is 1. The average molecular weight is 609 g/mol. The molecule has 4 amide bonds. The summed E-state index contributed by atoms with van der Waals surface area (Å²) >= 11 is 0. The van der Waals surface area contributed by atoms with Gasteiger partial charge < -0.3 is 15.0 Å². The van der Waals surface area contributed by atoms with Gasteiger partial charge in [-0.1, -0.05) is 46.8 Å². The molecule has 1 heterocycles. The molecule has 0 aliphatic carbocycles. The number of fused-ring (bicyclic) bond motifs is 1. The quantitative estimate of drug-likeness (QED) is 0.128. The highest BCUT2D eigenvalue weighted by atomic mass is 16.5. The SMILES string of the molecule is CC(C)C[C@H](C(=O)N[C@H](C(=O)c1ccc(OCCN(C)C)cc1)C(C)(C)C)C(CN1C(=O)c2ccccc2C1=O)C(=O)NO. The maximum absolute atomic E-state index is 14.0. The van der Waals surface area contributed by atoms with Gasteiger partial charge in [0.2, 0.25) is 11.8 Å². The van der Waals surface area contributed by atoms with E-state index in [1.165, 1.54) is 12.1 Å². The summed E-state index contributed by atoms with van der Waals surface area (Å²) in [4.78, 5) is 69.9. The Morgan fingerprint density at radius 2 is 1.48 bits per heavy atom. The molecule has 0 aromatic heterocycles. The summed E-state index contributed by atoms with van der Waals surface area (Å²) in [5.41, 5.74) is 1.68. The van der Waals surface area contributed by atoms with Crippen molar-refractivity contribution in [3.63, 3.8) is 0 Å². The average Bonchev–Trinajstić information content (AvgIpc) is 3.20. The Labute approximate surface area is 258 Å². The largest absolute Gasteiger partial charge is 0.492 e. The van der Waals surface area contributed by atoms with E-state index in [0.29, 0.717) is 17.9 Å². The van der Waals surface area contributed by atoms with Crippen molar-refractivity contribution in [1.82, 2.24) is 20.6 Å². The lowest BCUT2D eigenvalue weighted by Gasteiger charge is -2.34. The van der Waals surface area contributed by atoms with Gasteiger partial charge in [0.25, 0.3) is 11.8 Å². The summed E-state index contributed by atoms with van der Waals surface area (Å²) in [5.74, 6) is -4.81. The second-order valence-corrected chi connectivity index (χ2v) is 12.9. The predicted octanol–water partition coefficient (Wildman–Crippen LogP) is 3.42. The van der Waals surface area contributed by atoms with E-state index in [0.717, 1.165) is 11.4 Å². The Morgan fingerprint density at radius 1 is 0.909 bits per heavy atom. The molecule has 0 saturated carbocycles. The number of rotatable bonds is 14. The van der Waals surface area contributed by atoms with E-state index < -0.39 is 53.5 Å². The van der Waals surface area contributed by atoms with Crippen molar-refractivity contribution >= 4 is 29.4 Å². The van der Waals surface area contributed by atoms with Crippen LogP contribution in [0.15, 0.2) is 48.5 Å². The number of amides is 4. The van der Waals surface area contributed by atoms with E-state index in [2.05, 4.69) is 5.32 Å². The van der Waals surface area contributed by atoms with E-state index >= 15 is 0 Å². The zero-order chi connectivity index (χ0) is 32.8. The number of hydrogen-bond donors (Lipinski definition) is 3. The Kier molecular flexibility index (Phi) is 11.4. The van der Waals surface area contributed by atoms with Gasteiger partial charge in [-0.15, -0.1) is 0 Å². The first-order chi connectivity index (χ1) is 20.6. The number of hydrogen-bond acceptors (Lipinski definition) is 8. The van der Waals surface area contributed by atoms with Gasteiger partial charge in [0.15, 0.2) is 5.78 Å². The molecule has 44 heavy (non-hydrogen) atoms. The van der Waals surface area contributed by atoms with Crippen molar-refractivity contribution in [2.24, 2.45) is 23.2 Å². The van der Waals surface area contributed by atoms with Crippen LogP contribution in [0.1, 0.15) is 72.1 Å². The number of nitrogens with zero attached hydrogens (tertiary/aromatic N) is 2. The zero-order valence-electron chi connectivity index (χ0n) is 26.5. The van der Waals surface area contributed by atoms with Gasteiger partial charge in [-0.05, 0) is 68.2 Å². The fourth-order valence-electron chi connectivity index (χ4n) is 5.19. The fraction of sp³-hybridized carbons (Fsp3) is 0.485. The molecule has 1 aliphatic rings. The van der Waals surface area contributed by atoms with Crippen molar-refractivity contribution in [2.75, 3.05) is 33.8 Å². The van der Waals surface area contributed by atoms with Crippen LogP contribution in [0.25, 0.3) is 0 Å². The smallest absolute Gasteiger partial charge is 0.261 e. The lowest BCUT2D eigenvalue weighted by molar-refractivity contribution is -0.141. The molecule has 0 radical (unpaired) electrons. The molecular weight excluding hydrogens is 564 g/mol. The topological polar surface area (TPSA) is 145 Å². The van der Waals surface area contributed by atoms with Crippen molar-refractivity contribution in [2.45, 2.75) is 47.1 Å². The van der Waals surface area contributed by atoms with Crippen molar-refractivity contribution < 1.29 is 33.9 Å². The number of benzene rings is 2. The van der Waals surface area contributed by atoms with Crippen LogP contribution in [0.3, 0.4) is 0 Å². The van der Waals surface area contributed by atoms with Crippen molar-refractivity contribution in [1.29, 1.82) is 0 Å². The molecule has 0 spiro atoms. The minimum Gasteiger partial charge on any atom is -0.492 e. The van der Waals surface area contributed by atoms with Crippen LogP contribution >= 0.6 is 0 Å². The molecule has 238 valence electrons. The van der Waals surface area contributed by atoms with Crippen LogP contribution in [0.4, 0.5) is 0 Å². The van der Waals surface area contributed by atoms with Crippen LogP contribution in [0, 0.1) is 23.2 Å². The zero-order valence-corrected chi connectivity index (χ0v) is 26.5. The summed E-state index contributed by atoms with van der Waals surface area (Å²) in [6.07, 6.45) is 0.192. The predicted molar refractivity (Wildman–Crippen MR) is 164 cm³/mol. The highest BCUT2D eigenvalue weighted by molar-refractivity contribution is 6.21. The second-order valence-electron chi connectivity index (χ2n) is 12.9. The normalized spacial score (nSPS) is 15.2. The molecular formula is C33H44N4O7. The minimum atomic E-state index is -1.28. The van der Waals surface area contributed by atoms with Crippen molar-refractivity contribution in [3.8, 4) is 5.75 Å². The first-order valence-corrected chi connectivity index (χ1v) is 14.8. The molecule has 0 saturated heterocycles. The number of carbonyl (C=O) groups is 5. The molecule has 1 aliphatic heterocycles. The Balaban J connectivity index is 1.87. The lowest BCUT2D eigenvalue weighted by Crippen LogP contribution is -2.54. The van der Waals surface area contributed by atoms with Gasteiger partial charge in [-0.2, -0.15) is 0 Å². The van der Waals surface area contributed by atoms with Gasteiger partial charge in [0.05, 0.1) is 29.0 Å². The van der Waals surface area contributed by atoms with Gasteiger partial charge in [-0.3, -0.25) is 34.1 Å². The van der Waals surface area contributed by atoms with Gasteiger partial charge in [0, 0.05) is 18.7 Å². The lowest BCUT2D eigenvalue weighted by atomic mass is 9.79. The summed E-state index contributed by atoms with van der Waals surface area (Å²) in [7, 11) is 3.89. The molecule has 3 atom stereocenters. The molecule has 11 heteroatoms. The third kappa shape index (κ3) is 8.29. The van der Waals surface area contributed by atoms with Crippen LogP contribution in [0.2, 0.25) is 0 Å². The van der Waals surface area contributed by atoms with Gasteiger partial charge in [-0.25, -0.2) is 5.48 Å². The Bertz CT molecular complexity index is 1330. The minimum absolute atomic E-state index is 0.0780. The first-order valence-electron chi connectivity index (χ1n) is 14.8. The van der Waals surface area contributed by atoms with E-state index in [4.69, 9.17) is 4.74 Å². The number of carbonyl (C=O) groups excluding carboxylic acids is 5. The van der Waals surface area contributed by atoms with Crippen LogP contribution in [-0.2, 0) is 9.59 Å². The molecule has 0 fully saturated rings. The first kappa shape index (κ1) is 34.4. The molecule has 0 bridgehead atoms. The van der Waals surface area contributed by atoms with Crippen LogP contribution in [0.5, 0.6) is 5.75 Å². The highest BCUT2D eigenvalue weighted by Crippen LogP contribution is 2.30. The highest BCUT2D eigenvalue weighted by Gasteiger charge is 2.43. The second kappa shape index (κ2) is 14.6. The Morgan fingerprint density at radius 3 is 1.95 bits per heavy atom. The summed E-state index contributed by atoms with van der Waals surface area (Å²) in [6, 6.07) is 12.1. The third-order valence-corrected chi connectivity index (χ3v) is 7.61. The molecule has 2 aromatic carbocycles. The number of ketones is 1. The van der Waals surface area contributed by atoms with E-state index in [1.54, 1.807) is 41.9 Å². The number of imide groups is 1. The maximum atomic E-state index is 14.0. The fourth-order valence-corrected chi connectivity index (χ4v) is 5.19. The number of nitrogens with one attached hydrogen (secondary N) is 2. The monoisotopic (exact) mass is 608 g/mol. The Hall–Kier alpha value is -4.09. The number of likely N-dealkylation sites (N-methyl/N-ethyl adjacent to an activating group) is 1. The van der Waals surface area contributed by atoms with Gasteiger partial charge >= 0.3 is 0 Å². The summed E-state index contributed by atoms with van der Waals surface area (Å²) in [5, 5.41) is 12.5. The standard InChI is InChI=1S/C33H44N4O7/c1-20(2)18-25(26(30(40)35-43)19-37-31(41)23-10-8-9-11-24(23)32(37)42)29(39)34-28(33(3,4)5)27(38)21-12-14-22(15-13-21)44-17-16-36(6)7/h8-15,20,25-26,28,43H,16-19H2,1-7H3,(H,34,39)(H,35,40)/t25-,26?,28+/m0/s1. The number of hydroxylamine groups is 1. The van der Waals surface area contributed by atoms with Crippen LogP contribution in [-0.4, -0.2) is 84.3 Å². The van der Waals surface area contributed by atoms with Gasteiger partial charge in [0.1, 0.15) is 12.4 Å². The van der Waals surface area contributed by atoms with E-state index in [-0.39, 0.29) is 29.2 Å². The maximum Gasteiger partial charge on any atom is 0.261 e. The van der Waals surface area contributed by atoms with E-state index in [1.807, 2.05) is 53.6 Å².